The van der Waals surface area contributed by atoms with Gasteiger partial charge in [-0.3, -0.25) is 0 Å². The minimum absolute atomic E-state index is 0.802. The lowest BCUT2D eigenvalue weighted by molar-refractivity contribution is 0.405. The topological polar surface area (TPSA) is 21.3 Å². The van der Waals surface area contributed by atoms with Crippen LogP contribution in [-0.2, 0) is 13.0 Å². The van der Waals surface area contributed by atoms with Crippen molar-refractivity contribution in [3.63, 3.8) is 0 Å². The molecule has 2 rings (SSSR count). The molecule has 0 saturated heterocycles. The Bertz CT molecular complexity index is 573. The van der Waals surface area contributed by atoms with Gasteiger partial charge in [-0.15, -0.1) is 0 Å². The summed E-state index contributed by atoms with van der Waals surface area (Å²) in [6.45, 7) is 1.79. The molecular weight excluding hydrogens is 394 g/mol. The highest BCUT2D eigenvalue weighted by Crippen LogP contribution is 2.32. The molecule has 0 spiro atoms. The van der Waals surface area contributed by atoms with E-state index in [0.717, 1.165) is 46.2 Å². The zero-order chi connectivity index (χ0) is 15.1. The lowest BCUT2D eigenvalue weighted by atomic mass is 10.1. The van der Waals surface area contributed by atoms with Crippen LogP contribution in [0.25, 0.3) is 0 Å². The van der Waals surface area contributed by atoms with Crippen LogP contribution in [0, 0.1) is 0 Å². The largest absolute Gasteiger partial charge is 0.495 e. The van der Waals surface area contributed by atoms with Crippen LogP contribution in [0.2, 0.25) is 0 Å². The van der Waals surface area contributed by atoms with Gasteiger partial charge in [0, 0.05) is 16.6 Å². The number of aryl methyl sites for hydroxylation is 1. The highest BCUT2D eigenvalue weighted by Gasteiger charge is 2.08. The molecule has 0 aromatic heterocycles. The summed E-state index contributed by atoms with van der Waals surface area (Å²) in [5.74, 6) is 0.897. The standard InChI is InChI=1S/C17H19Br2NO/c1-21-17-14(10-15(18)11-16(17)19)12-20-9-5-8-13-6-3-2-4-7-13/h2-4,6-7,10-11,20H,5,8-9,12H2,1H3. The second kappa shape index (κ2) is 8.57. The van der Waals surface area contributed by atoms with Crippen molar-refractivity contribution in [2.45, 2.75) is 19.4 Å². The number of hydrogen-bond donors (Lipinski definition) is 1. The fourth-order valence-electron chi connectivity index (χ4n) is 2.26. The van der Waals surface area contributed by atoms with E-state index in [9.17, 15) is 0 Å². The van der Waals surface area contributed by atoms with Crippen LogP contribution in [-0.4, -0.2) is 13.7 Å². The van der Waals surface area contributed by atoms with E-state index in [1.165, 1.54) is 5.56 Å². The molecule has 0 aliphatic rings. The summed E-state index contributed by atoms with van der Waals surface area (Å²) in [4.78, 5) is 0. The Kier molecular flexibility index (Phi) is 6.74. The zero-order valence-corrected chi connectivity index (χ0v) is 15.2. The first kappa shape index (κ1) is 16.5. The summed E-state index contributed by atoms with van der Waals surface area (Å²) in [6, 6.07) is 14.7. The molecule has 0 aliphatic heterocycles. The molecule has 0 bridgehead atoms. The number of rotatable bonds is 7. The molecular formula is C17H19Br2NO. The maximum absolute atomic E-state index is 5.45. The first-order chi connectivity index (χ1) is 10.2. The predicted molar refractivity (Wildman–Crippen MR) is 94.9 cm³/mol. The molecule has 1 N–H and O–H groups in total. The highest BCUT2D eigenvalue weighted by molar-refractivity contribution is 9.11. The third-order valence-corrected chi connectivity index (χ3v) is 4.31. The molecule has 0 amide bonds. The molecule has 0 aliphatic carbocycles. The van der Waals surface area contributed by atoms with Gasteiger partial charge in [-0.05, 0) is 53.0 Å². The third kappa shape index (κ3) is 5.13. The van der Waals surface area contributed by atoms with Crippen molar-refractivity contribution >= 4 is 31.9 Å². The normalized spacial score (nSPS) is 10.6. The van der Waals surface area contributed by atoms with E-state index in [1.54, 1.807) is 7.11 Å². The number of methoxy groups -OCH3 is 1. The van der Waals surface area contributed by atoms with Gasteiger partial charge in [-0.2, -0.15) is 0 Å². The van der Waals surface area contributed by atoms with E-state index in [-0.39, 0.29) is 0 Å². The summed E-state index contributed by atoms with van der Waals surface area (Å²) >= 11 is 7.04. The van der Waals surface area contributed by atoms with Crippen molar-refractivity contribution in [3.8, 4) is 5.75 Å². The number of halogens is 2. The Morgan fingerprint density at radius 2 is 1.86 bits per heavy atom. The van der Waals surface area contributed by atoms with Crippen LogP contribution in [0.5, 0.6) is 5.75 Å². The molecule has 0 saturated carbocycles. The van der Waals surface area contributed by atoms with Gasteiger partial charge < -0.3 is 10.1 Å². The average Bonchev–Trinajstić information content (AvgIpc) is 2.47. The van der Waals surface area contributed by atoms with Crippen molar-refractivity contribution in [1.82, 2.24) is 5.32 Å². The molecule has 2 aromatic rings. The van der Waals surface area contributed by atoms with E-state index in [4.69, 9.17) is 4.74 Å². The van der Waals surface area contributed by atoms with Gasteiger partial charge in [0.25, 0.3) is 0 Å². The maximum Gasteiger partial charge on any atom is 0.137 e. The van der Waals surface area contributed by atoms with Crippen molar-refractivity contribution in [2.24, 2.45) is 0 Å². The Morgan fingerprint density at radius 3 is 2.57 bits per heavy atom. The third-order valence-electron chi connectivity index (χ3n) is 3.27. The summed E-state index contributed by atoms with van der Waals surface area (Å²) in [5, 5.41) is 3.48. The highest BCUT2D eigenvalue weighted by atomic mass is 79.9. The lowest BCUT2D eigenvalue weighted by Gasteiger charge is -2.12. The second-order valence-corrected chi connectivity index (χ2v) is 6.62. The number of hydrogen-bond acceptors (Lipinski definition) is 2. The van der Waals surface area contributed by atoms with Crippen LogP contribution >= 0.6 is 31.9 Å². The van der Waals surface area contributed by atoms with Crippen molar-refractivity contribution in [2.75, 3.05) is 13.7 Å². The molecule has 2 nitrogen and oxygen atoms in total. The number of benzene rings is 2. The second-order valence-electron chi connectivity index (χ2n) is 4.85. The van der Waals surface area contributed by atoms with Crippen molar-refractivity contribution in [1.29, 1.82) is 0 Å². The van der Waals surface area contributed by atoms with E-state index in [0.29, 0.717) is 0 Å². The van der Waals surface area contributed by atoms with Gasteiger partial charge in [0.05, 0.1) is 11.6 Å². The van der Waals surface area contributed by atoms with Crippen molar-refractivity contribution < 1.29 is 4.74 Å². The Balaban J connectivity index is 1.81. The molecule has 0 unspecified atom stereocenters. The SMILES string of the molecule is COc1c(Br)cc(Br)cc1CNCCCc1ccccc1. The van der Waals surface area contributed by atoms with Gasteiger partial charge in [-0.1, -0.05) is 46.3 Å². The minimum Gasteiger partial charge on any atom is -0.495 e. The summed E-state index contributed by atoms with van der Waals surface area (Å²) in [6.07, 6.45) is 2.23. The van der Waals surface area contributed by atoms with Gasteiger partial charge in [-0.25, -0.2) is 0 Å². The fraction of sp³-hybridized carbons (Fsp3) is 0.294. The number of ether oxygens (including phenoxy) is 1. The summed E-state index contributed by atoms with van der Waals surface area (Å²) < 4.78 is 7.47. The average molecular weight is 413 g/mol. The molecule has 0 atom stereocenters. The summed E-state index contributed by atoms with van der Waals surface area (Å²) in [7, 11) is 1.70. The first-order valence-electron chi connectivity index (χ1n) is 6.97. The summed E-state index contributed by atoms with van der Waals surface area (Å²) in [5.41, 5.74) is 2.54. The van der Waals surface area contributed by atoms with Crippen LogP contribution < -0.4 is 10.1 Å². The molecule has 112 valence electrons. The predicted octanol–water partition coefficient (Wildman–Crippen LogP) is 4.94. The van der Waals surface area contributed by atoms with Crippen LogP contribution in [0.15, 0.2) is 51.4 Å². The zero-order valence-electron chi connectivity index (χ0n) is 12.0. The van der Waals surface area contributed by atoms with E-state index in [1.807, 2.05) is 6.07 Å². The molecule has 4 heteroatoms. The van der Waals surface area contributed by atoms with Crippen LogP contribution in [0.4, 0.5) is 0 Å². The smallest absolute Gasteiger partial charge is 0.137 e. The van der Waals surface area contributed by atoms with E-state index in [2.05, 4.69) is 73.6 Å². The first-order valence-corrected chi connectivity index (χ1v) is 8.56. The lowest BCUT2D eigenvalue weighted by Crippen LogP contribution is -2.16. The van der Waals surface area contributed by atoms with Gasteiger partial charge in [0.1, 0.15) is 5.75 Å². The molecule has 0 radical (unpaired) electrons. The quantitative estimate of drug-likeness (QED) is 0.650. The molecule has 0 fully saturated rings. The minimum atomic E-state index is 0.802. The van der Waals surface area contributed by atoms with Gasteiger partial charge in [0.2, 0.25) is 0 Å². The fourth-order valence-corrected chi connectivity index (χ4v) is 3.73. The Morgan fingerprint density at radius 1 is 1.10 bits per heavy atom. The number of nitrogens with one attached hydrogen (secondary N) is 1. The van der Waals surface area contributed by atoms with E-state index >= 15 is 0 Å². The van der Waals surface area contributed by atoms with Crippen LogP contribution in [0.1, 0.15) is 17.5 Å². The molecule has 2 aromatic carbocycles. The van der Waals surface area contributed by atoms with Crippen molar-refractivity contribution in [3.05, 3.63) is 62.5 Å². The maximum atomic E-state index is 5.45. The van der Waals surface area contributed by atoms with Gasteiger partial charge in [0.15, 0.2) is 0 Å². The van der Waals surface area contributed by atoms with Crippen LogP contribution in [0.3, 0.4) is 0 Å². The molecule has 21 heavy (non-hydrogen) atoms. The molecule has 0 heterocycles. The Labute approximate surface area is 143 Å². The monoisotopic (exact) mass is 411 g/mol. The van der Waals surface area contributed by atoms with Gasteiger partial charge >= 0.3 is 0 Å². The Hall–Kier alpha value is -0.840. The van der Waals surface area contributed by atoms with E-state index < -0.39 is 0 Å².